The molecular weight excluding hydrogens is 413 g/mol. The van der Waals surface area contributed by atoms with E-state index < -0.39 is 0 Å². The van der Waals surface area contributed by atoms with Gasteiger partial charge in [-0.2, -0.15) is 0 Å². The fourth-order valence-electron chi connectivity index (χ4n) is 3.86. The van der Waals surface area contributed by atoms with Gasteiger partial charge in [-0.1, -0.05) is 19.8 Å². The highest BCUT2D eigenvalue weighted by Crippen LogP contribution is 2.30. The number of likely N-dealkylation sites (tertiary alicyclic amines) is 2. The van der Waals surface area contributed by atoms with Gasteiger partial charge in [0.25, 0.3) is 0 Å². The van der Waals surface area contributed by atoms with Crippen molar-refractivity contribution >= 4 is 29.9 Å². The van der Waals surface area contributed by atoms with Gasteiger partial charge < -0.3 is 15.5 Å². The van der Waals surface area contributed by atoms with Gasteiger partial charge in [0.2, 0.25) is 0 Å². The Kier molecular flexibility index (Phi) is 10.5. The highest BCUT2D eigenvalue weighted by Gasteiger charge is 2.39. The van der Waals surface area contributed by atoms with Crippen LogP contribution in [0.5, 0.6) is 0 Å². The summed E-state index contributed by atoms with van der Waals surface area (Å²) in [6.07, 6.45) is 9.07. The summed E-state index contributed by atoms with van der Waals surface area (Å²) in [4.78, 5) is 9.64. The van der Waals surface area contributed by atoms with Crippen LogP contribution >= 0.6 is 24.0 Å². The Bertz CT molecular complexity index is 360. The van der Waals surface area contributed by atoms with E-state index in [1.807, 2.05) is 7.05 Å². The molecule has 0 aromatic carbocycles. The Balaban J connectivity index is 0.00000288. The van der Waals surface area contributed by atoms with E-state index in [0.29, 0.717) is 5.54 Å². The Morgan fingerprint density at radius 1 is 1.04 bits per heavy atom. The van der Waals surface area contributed by atoms with Gasteiger partial charge in [0.1, 0.15) is 0 Å². The molecule has 2 heterocycles. The summed E-state index contributed by atoms with van der Waals surface area (Å²) < 4.78 is 0. The lowest BCUT2D eigenvalue weighted by Crippen LogP contribution is -2.62. The van der Waals surface area contributed by atoms with Gasteiger partial charge in [0, 0.05) is 25.7 Å². The van der Waals surface area contributed by atoms with Crippen LogP contribution in [0.25, 0.3) is 0 Å². The number of unbranched alkanes of at least 4 members (excludes halogenated alkanes) is 1. The molecule has 2 saturated heterocycles. The molecular formula is C18H38IN5. The lowest BCUT2D eigenvalue weighted by atomic mass is 9.84. The highest BCUT2D eigenvalue weighted by molar-refractivity contribution is 14.0. The van der Waals surface area contributed by atoms with Crippen molar-refractivity contribution in [2.75, 3.05) is 53.4 Å². The number of halogens is 1. The van der Waals surface area contributed by atoms with Gasteiger partial charge in [-0.25, -0.2) is 0 Å². The Hall–Kier alpha value is -0.0800. The largest absolute Gasteiger partial charge is 0.356 e. The van der Waals surface area contributed by atoms with E-state index >= 15 is 0 Å². The summed E-state index contributed by atoms with van der Waals surface area (Å²) in [6, 6.07) is 0. The van der Waals surface area contributed by atoms with E-state index in [4.69, 9.17) is 0 Å². The summed E-state index contributed by atoms with van der Waals surface area (Å²) in [5.74, 6) is 0.966. The number of rotatable bonds is 6. The van der Waals surface area contributed by atoms with E-state index in [0.717, 1.165) is 19.0 Å². The van der Waals surface area contributed by atoms with Gasteiger partial charge in [0.05, 0.1) is 0 Å². The third-order valence-electron chi connectivity index (χ3n) is 5.58. The second-order valence-corrected chi connectivity index (χ2v) is 7.28. The van der Waals surface area contributed by atoms with Crippen molar-refractivity contribution in [1.82, 2.24) is 20.4 Å². The number of hydrogen-bond donors (Lipinski definition) is 2. The lowest BCUT2D eigenvalue weighted by molar-refractivity contribution is 0.0173. The van der Waals surface area contributed by atoms with Crippen LogP contribution in [0.2, 0.25) is 0 Å². The Morgan fingerprint density at radius 2 is 1.71 bits per heavy atom. The van der Waals surface area contributed by atoms with Crippen molar-refractivity contribution in [3.63, 3.8) is 0 Å². The van der Waals surface area contributed by atoms with E-state index in [2.05, 4.69) is 39.4 Å². The average Bonchev–Trinajstić information content (AvgIpc) is 2.60. The molecule has 142 valence electrons. The Labute approximate surface area is 166 Å². The predicted octanol–water partition coefficient (Wildman–Crippen LogP) is 2.52. The van der Waals surface area contributed by atoms with Crippen LogP contribution in [0.3, 0.4) is 0 Å². The standard InChI is InChI=1S/C18H37N5.HI/c1-4-5-11-20-17(19-2)21-16-18(9-14-22(3)15-10-18)23-12-7-6-8-13-23;/h4-16H2,1-3H3,(H2,19,20,21);1H. The van der Waals surface area contributed by atoms with Crippen molar-refractivity contribution in [3.05, 3.63) is 0 Å². The van der Waals surface area contributed by atoms with Gasteiger partial charge in [-0.05, 0) is 65.3 Å². The first-order valence-corrected chi connectivity index (χ1v) is 9.58. The van der Waals surface area contributed by atoms with Crippen LogP contribution < -0.4 is 10.6 Å². The molecule has 2 fully saturated rings. The number of piperidine rings is 2. The first-order chi connectivity index (χ1) is 11.2. The topological polar surface area (TPSA) is 42.9 Å². The molecule has 0 spiro atoms. The number of hydrogen-bond acceptors (Lipinski definition) is 3. The van der Waals surface area contributed by atoms with Gasteiger partial charge in [0.15, 0.2) is 5.96 Å². The number of guanidine groups is 1. The van der Waals surface area contributed by atoms with Gasteiger partial charge in [-0.3, -0.25) is 9.89 Å². The van der Waals surface area contributed by atoms with Crippen molar-refractivity contribution < 1.29 is 0 Å². The van der Waals surface area contributed by atoms with Crippen molar-refractivity contribution in [3.8, 4) is 0 Å². The molecule has 0 amide bonds. The molecule has 2 aliphatic heterocycles. The molecule has 6 heteroatoms. The monoisotopic (exact) mass is 451 g/mol. The molecule has 2 aliphatic rings. The minimum Gasteiger partial charge on any atom is -0.356 e. The minimum atomic E-state index is 0. The van der Waals surface area contributed by atoms with E-state index in [1.54, 1.807) is 0 Å². The van der Waals surface area contributed by atoms with Crippen LogP contribution in [0, 0.1) is 0 Å². The molecule has 0 saturated carbocycles. The van der Waals surface area contributed by atoms with Crippen molar-refractivity contribution in [2.45, 2.75) is 57.4 Å². The van der Waals surface area contributed by atoms with Crippen LogP contribution in [-0.4, -0.2) is 74.7 Å². The first kappa shape index (κ1) is 22.0. The first-order valence-electron chi connectivity index (χ1n) is 9.58. The molecule has 0 aromatic rings. The number of nitrogens with zero attached hydrogens (tertiary/aromatic N) is 3. The number of nitrogens with one attached hydrogen (secondary N) is 2. The molecule has 0 bridgehead atoms. The summed E-state index contributed by atoms with van der Waals surface area (Å²) >= 11 is 0. The third kappa shape index (κ3) is 6.33. The molecule has 0 aliphatic carbocycles. The fraction of sp³-hybridized carbons (Fsp3) is 0.944. The quantitative estimate of drug-likeness (QED) is 0.282. The molecule has 2 N–H and O–H groups in total. The molecule has 2 rings (SSSR count). The second-order valence-electron chi connectivity index (χ2n) is 7.28. The maximum atomic E-state index is 4.40. The highest BCUT2D eigenvalue weighted by atomic mass is 127. The lowest BCUT2D eigenvalue weighted by Gasteiger charge is -2.50. The van der Waals surface area contributed by atoms with Gasteiger partial charge in [-0.15, -0.1) is 24.0 Å². The van der Waals surface area contributed by atoms with Crippen molar-refractivity contribution in [1.29, 1.82) is 0 Å². The summed E-state index contributed by atoms with van der Waals surface area (Å²) in [7, 11) is 4.13. The molecule has 0 atom stereocenters. The zero-order chi connectivity index (χ0) is 16.5. The summed E-state index contributed by atoms with van der Waals surface area (Å²) in [5, 5.41) is 7.08. The smallest absolute Gasteiger partial charge is 0.191 e. The molecule has 5 nitrogen and oxygen atoms in total. The van der Waals surface area contributed by atoms with E-state index in [-0.39, 0.29) is 24.0 Å². The Morgan fingerprint density at radius 3 is 2.29 bits per heavy atom. The summed E-state index contributed by atoms with van der Waals surface area (Å²) in [6.45, 7) is 9.21. The number of aliphatic imine (C=N–C) groups is 1. The van der Waals surface area contributed by atoms with Crippen LogP contribution in [0.4, 0.5) is 0 Å². The second kappa shape index (κ2) is 11.5. The molecule has 24 heavy (non-hydrogen) atoms. The molecule has 0 aromatic heterocycles. The maximum absolute atomic E-state index is 4.40. The van der Waals surface area contributed by atoms with Crippen LogP contribution in [0.15, 0.2) is 4.99 Å². The fourth-order valence-corrected chi connectivity index (χ4v) is 3.86. The van der Waals surface area contributed by atoms with Crippen molar-refractivity contribution in [2.24, 2.45) is 4.99 Å². The van der Waals surface area contributed by atoms with E-state index in [1.165, 1.54) is 71.1 Å². The van der Waals surface area contributed by atoms with E-state index in [9.17, 15) is 0 Å². The summed E-state index contributed by atoms with van der Waals surface area (Å²) in [5.41, 5.74) is 0.315. The molecule has 0 unspecified atom stereocenters. The maximum Gasteiger partial charge on any atom is 0.191 e. The zero-order valence-corrected chi connectivity index (χ0v) is 18.3. The van der Waals surface area contributed by atoms with Gasteiger partial charge >= 0.3 is 0 Å². The average molecular weight is 451 g/mol. The van der Waals surface area contributed by atoms with Crippen LogP contribution in [-0.2, 0) is 0 Å². The third-order valence-corrected chi connectivity index (χ3v) is 5.58. The molecule has 0 radical (unpaired) electrons. The SMILES string of the molecule is CCCCNC(=NC)NCC1(N2CCCCC2)CCN(C)CC1.I. The minimum absolute atomic E-state index is 0. The predicted molar refractivity (Wildman–Crippen MR) is 115 cm³/mol. The zero-order valence-electron chi connectivity index (χ0n) is 15.9. The van der Waals surface area contributed by atoms with Crippen LogP contribution in [0.1, 0.15) is 51.9 Å². The normalized spacial score (nSPS) is 22.7.